The molecule has 2 nitrogen and oxygen atoms in total. The van der Waals surface area contributed by atoms with Crippen LogP contribution < -0.4 is 0 Å². The molecular formula is C12H17NO. The van der Waals surface area contributed by atoms with Gasteiger partial charge in [-0.2, -0.15) is 0 Å². The maximum Gasteiger partial charge on any atom is 0.108 e. The summed E-state index contributed by atoms with van der Waals surface area (Å²) in [4.78, 5) is 2.26. The number of nitrogens with zero attached hydrogens (tertiary/aromatic N) is 1. The van der Waals surface area contributed by atoms with Crippen molar-refractivity contribution in [1.29, 1.82) is 0 Å². The van der Waals surface area contributed by atoms with E-state index in [2.05, 4.69) is 50.1 Å². The van der Waals surface area contributed by atoms with E-state index >= 15 is 0 Å². The van der Waals surface area contributed by atoms with E-state index in [1.807, 2.05) is 6.07 Å². The molecule has 0 spiro atoms. The second kappa shape index (κ2) is 3.71. The molecule has 0 radical (unpaired) electrons. The summed E-state index contributed by atoms with van der Waals surface area (Å²) in [5.41, 5.74) is 1.27. The van der Waals surface area contributed by atoms with Crippen molar-refractivity contribution in [2.45, 2.75) is 32.2 Å². The molecular weight excluding hydrogens is 174 g/mol. The Hall–Kier alpha value is -0.860. The SMILES string of the molecule is CC1OC(c2ccccc2)C(C)N1C. The first-order valence-corrected chi connectivity index (χ1v) is 5.12. The van der Waals surface area contributed by atoms with E-state index < -0.39 is 0 Å². The average molecular weight is 191 g/mol. The second-order valence-electron chi connectivity index (χ2n) is 3.97. The van der Waals surface area contributed by atoms with Gasteiger partial charge in [0.15, 0.2) is 0 Å². The zero-order chi connectivity index (χ0) is 10.1. The summed E-state index contributed by atoms with van der Waals surface area (Å²) in [7, 11) is 2.11. The lowest BCUT2D eigenvalue weighted by molar-refractivity contribution is 0.0208. The molecule has 1 aliphatic heterocycles. The van der Waals surface area contributed by atoms with Gasteiger partial charge >= 0.3 is 0 Å². The van der Waals surface area contributed by atoms with E-state index in [-0.39, 0.29) is 12.3 Å². The van der Waals surface area contributed by atoms with Gasteiger partial charge in [-0.25, -0.2) is 0 Å². The number of hydrogen-bond donors (Lipinski definition) is 0. The van der Waals surface area contributed by atoms with Crippen LogP contribution in [-0.4, -0.2) is 24.2 Å². The van der Waals surface area contributed by atoms with Gasteiger partial charge in [0, 0.05) is 6.04 Å². The zero-order valence-electron chi connectivity index (χ0n) is 8.97. The number of benzene rings is 1. The molecule has 0 aromatic heterocycles. The summed E-state index contributed by atoms with van der Waals surface area (Å²) in [5.74, 6) is 0. The first-order chi connectivity index (χ1) is 6.70. The molecule has 0 saturated carbocycles. The minimum atomic E-state index is 0.218. The molecule has 0 bridgehead atoms. The normalized spacial score (nSPS) is 33.5. The Kier molecular flexibility index (Phi) is 2.57. The third-order valence-electron chi connectivity index (χ3n) is 3.13. The van der Waals surface area contributed by atoms with Crippen molar-refractivity contribution in [3.63, 3.8) is 0 Å². The summed E-state index contributed by atoms with van der Waals surface area (Å²) in [6, 6.07) is 10.9. The molecule has 1 aromatic rings. The van der Waals surface area contributed by atoms with Gasteiger partial charge in [0.2, 0.25) is 0 Å². The number of ether oxygens (including phenoxy) is 1. The molecule has 1 saturated heterocycles. The number of likely N-dealkylation sites (N-methyl/N-ethyl adjacent to an activating group) is 1. The molecule has 2 rings (SSSR count). The van der Waals surface area contributed by atoms with Gasteiger partial charge in [0.05, 0.1) is 6.10 Å². The maximum atomic E-state index is 5.90. The van der Waals surface area contributed by atoms with Gasteiger partial charge in [-0.3, -0.25) is 4.90 Å². The summed E-state index contributed by atoms with van der Waals surface area (Å²) in [6.45, 7) is 4.31. The Labute approximate surface area is 85.5 Å². The van der Waals surface area contributed by atoms with Crippen LogP contribution in [0, 0.1) is 0 Å². The molecule has 2 heteroatoms. The van der Waals surface area contributed by atoms with E-state index in [9.17, 15) is 0 Å². The molecule has 1 aliphatic rings. The maximum absolute atomic E-state index is 5.90. The molecule has 0 aliphatic carbocycles. The molecule has 14 heavy (non-hydrogen) atoms. The van der Waals surface area contributed by atoms with E-state index in [1.54, 1.807) is 0 Å². The van der Waals surface area contributed by atoms with E-state index in [4.69, 9.17) is 4.74 Å². The van der Waals surface area contributed by atoms with Gasteiger partial charge in [0.25, 0.3) is 0 Å². The fourth-order valence-corrected chi connectivity index (χ4v) is 1.97. The molecule has 1 fully saturated rings. The average Bonchev–Trinajstić information content (AvgIpc) is 2.47. The van der Waals surface area contributed by atoms with Crippen LogP contribution in [0.2, 0.25) is 0 Å². The van der Waals surface area contributed by atoms with E-state index in [1.165, 1.54) is 5.56 Å². The van der Waals surface area contributed by atoms with Crippen molar-refractivity contribution >= 4 is 0 Å². The van der Waals surface area contributed by atoms with Crippen molar-refractivity contribution in [2.75, 3.05) is 7.05 Å². The van der Waals surface area contributed by atoms with Gasteiger partial charge in [-0.05, 0) is 26.5 Å². The van der Waals surface area contributed by atoms with Crippen LogP contribution >= 0.6 is 0 Å². The number of rotatable bonds is 1. The van der Waals surface area contributed by atoms with Gasteiger partial charge in [-0.15, -0.1) is 0 Å². The Morgan fingerprint density at radius 3 is 2.29 bits per heavy atom. The summed E-state index contributed by atoms with van der Waals surface area (Å²) in [6.07, 6.45) is 0.436. The standard InChI is InChI=1S/C12H17NO/c1-9-12(14-10(2)13(9)3)11-7-5-4-6-8-11/h4-10,12H,1-3H3. The van der Waals surface area contributed by atoms with E-state index in [0.717, 1.165) is 0 Å². The quantitative estimate of drug-likeness (QED) is 0.676. The van der Waals surface area contributed by atoms with Crippen molar-refractivity contribution in [3.05, 3.63) is 35.9 Å². The molecule has 1 aromatic carbocycles. The molecule has 0 N–H and O–H groups in total. The fraction of sp³-hybridized carbons (Fsp3) is 0.500. The fourth-order valence-electron chi connectivity index (χ4n) is 1.97. The van der Waals surface area contributed by atoms with Crippen LogP contribution in [-0.2, 0) is 4.74 Å². The monoisotopic (exact) mass is 191 g/mol. The molecule has 3 unspecified atom stereocenters. The van der Waals surface area contributed by atoms with Crippen LogP contribution in [0.25, 0.3) is 0 Å². The Balaban J connectivity index is 2.21. The van der Waals surface area contributed by atoms with Crippen LogP contribution in [0.3, 0.4) is 0 Å². The first-order valence-electron chi connectivity index (χ1n) is 5.12. The lowest BCUT2D eigenvalue weighted by Gasteiger charge is -2.18. The lowest BCUT2D eigenvalue weighted by atomic mass is 10.0. The van der Waals surface area contributed by atoms with Gasteiger partial charge < -0.3 is 4.74 Å². The van der Waals surface area contributed by atoms with Gasteiger partial charge in [-0.1, -0.05) is 30.3 Å². The number of hydrogen-bond acceptors (Lipinski definition) is 2. The van der Waals surface area contributed by atoms with Crippen molar-refractivity contribution in [1.82, 2.24) is 4.90 Å². The predicted molar refractivity (Wildman–Crippen MR) is 57.0 cm³/mol. The smallest absolute Gasteiger partial charge is 0.108 e. The first kappa shape index (κ1) is 9.69. The summed E-state index contributed by atoms with van der Waals surface area (Å²) in [5, 5.41) is 0. The Morgan fingerprint density at radius 2 is 1.79 bits per heavy atom. The van der Waals surface area contributed by atoms with Crippen molar-refractivity contribution in [3.8, 4) is 0 Å². The minimum Gasteiger partial charge on any atom is -0.354 e. The molecule has 3 atom stereocenters. The van der Waals surface area contributed by atoms with E-state index in [0.29, 0.717) is 6.04 Å². The molecule has 76 valence electrons. The Bertz CT molecular complexity index is 298. The minimum absolute atomic E-state index is 0.218. The van der Waals surface area contributed by atoms with Crippen LogP contribution in [0.4, 0.5) is 0 Å². The highest BCUT2D eigenvalue weighted by atomic mass is 16.5. The van der Waals surface area contributed by atoms with Gasteiger partial charge in [0.1, 0.15) is 6.23 Å². The van der Waals surface area contributed by atoms with Crippen LogP contribution in [0.5, 0.6) is 0 Å². The zero-order valence-corrected chi connectivity index (χ0v) is 8.97. The molecule has 0 amide bonds. The predicted octanol–water partition coefficient (Wildman–Crippen LogP) is 2.42. The molecule has 1 heterocycles. The van der Waals surface area contributed by atoms with Crippen LogP contribution in [0.15, 0.2) is 30.3 Å². The largest absolute Gasteiger partial charge is 0.354 e. The summed E-state index contributed by atoms with van der Waals surface area (Å²) >= 11 is 0. The highest BCUT2D eigenvalue weighted by Crippen LogP contribution is 2.32. The van der Waals surface area contributed by atoms with Crippen LogP contribution in [0.1, 0.15) is 25.5 Å². The summed E-state index contributed by atoms with van der Waals surface area (Å²) < 4.78 is 5.90. The topological polar surface area (TPSA) is 12.5 Å². The highest BCUT2D eigenvalue weighted by molar-refractivity contribution is 5.20. The van der Waals surface area contributed by atoms with Crippen molar-refractivity contribution < 1.29 is 4.74 Å². The highest BCUT2D eigenvalue weighted by Gasteiger charge is 2.34. The lowest BCUT2D eigenvalue weighted by Crippen LogP contribution is -2.29. The Morgan fingerprint density at radius 1 is 1.14 bits per heavy atom. The third kappa shape index (κ3) is 1.56. The van der Waals surface area contributed by atoms with Crippen molar-refractivity contribution in [2.24, 2.45) is 0 Å². The third-order valence-corrected chi connectivity index (χ3v) is 3.13. The second-order valence-corrected chi connectivity index (χ2v) is 3.97.